The van der Waals surface area contributed by atoms with Crippen LogP contribution in [-0.4, -0.2) is 33.4 Å². The van der Waals surface area contributed by atoms with Crippen LogP contribution in [0.15, 0.2) is 0 Å². The van der Waals surface area contributed by atoms with Crippen molar-refractivity contribution in [2.45, 2.75) is 39.9 Å². The van der Waals surface area contributed by atoms with E-state index in [9.17, 15) is 8.42 Å². The maximum atomic E-state index is 10.9. The van der Waals surface area contributed by atoms with Gasteiger partial charge in [0.2, 0.25) is 10.0 Å². The van der Waals surface area contributed by atoms with Gasteiger partial charge in [-0.05, 0) is 19.8 Å². The Balaban J connectivity index is 4.11. The van der Waals surface area contributed by atoms with Crippen molar-refractivity contribution in [3.8, 4) is 0 Å². The Kier molecular flexibility index (Phi) is 5.63. The van der Waals surface area contributed by atoms with Crippen LogP contribution in [-0.2, 0) is 14.8 Å². The van der Waals surface area contributed by atoms with Crippen molar-refractivity contribution in [2.24, 2.45) is 5.92 Å². The lowest BCUT2D eigenvalue weighted by Crippen LogP contribution is -2.37. The van der Waals surface area contributed by atoms with E-state index in [1.54, 1.807) is 0 Å². The smallest absolute Gasteiger partial charge is 0.208 e. The van der Waals surface area contributed by atoms with Crippen LogP contribution in [0, 0.1) is 5.92 Å². The second-order valence-electron chi connectivity index (χ2n) is 4.09. The molecule has 5 heteroatoms. The molecule has 0 aromatic rings. The van der Waals surface area contributed by atoms with Gasteiger partial charge in [-0.15, -0.1) is 0 Å². The van der Waals surface area contributed by atoms with Crippen LogP contribution >= 0.6 is 0 Å². The van der Waals surface area contributed by atoms with E-state index in [4.69, 9.17) is 4.74 Å². The molecule has 0 aromatic carbocycles. The predicted octanol–water partition coefficient (Wildman–Crippen LogP) is 0.985. The van der Waals surface area contributed by atoms with Crippen molar-refractivity contribution >= 4 is 10.0 Å². The van der Waals surface area contributed by atoms with Gasteiger partial charge in [0, 0.05) is 6.54 Å². The second kappa shape index (κ2) is 5.68. The van der Waals surface area contributed by atoms with Gasteiger partial charge in [0.15, 0.2) is 0 Å². The molecule has 0 aromatic heterocycles. The first kappa shape index (κ1) is 13.9. The second-order valence-corrected chi connectivity index (χ2v) is 5.92. The highest BCUT2D eigenvalue weighted by Gasteiger charge is 2.16. The monoisotopic (exact) mass is 223 g/mol. The van der Waals surface area contributed by atoms with Crippen LogP contribution in [0.4, 0.5) is 0 Å². The molecule has 1 N–H and O–H groups in total. The molecule has 0 spiro atoms. The largest absolute Gasteiger partial charge is 0.374 e. The number of rotatable bonds is 6. The van der Waals surface area contributed by atoms with E-state index < -0.39 is 10.0 Å². The van der Waals surface area contributed by atoms with Crippen molar-refractivity contribution in [1.82, 2.24) is 4.72 Å². The summed E-state index contributed by atoms with van der Waals surface area (Å²) >= 11 is 0. The molecule has 0 amide bonds. The molecule has 0 aliphatic heterocycles. The van der Waals surface area contributed by atoms with Crippen molar-refractivity contribution in [1.29, 1.82) is 0 Å². The molecule has 0 aliphatic carbocycles. The summed E-state index contributed by atoms with van der Waals surface area (Å²) in [5, 5.41) is 0. The van der Waals surface area contributed by atoms with Gasteiger partial charge in [0.05, 0.1) is 18.5 Å². The first-order chi connectivity index (χ1) is 6.22. The third kappa shape index (κ3) is 7.29. The van der Waals surface area contributed by atoms with Crippen molar-refractivity contribution < 1.29 is 13.2 Å². The van der Waals surface area contributed by atoms with Gasteiger partial charge in [-0.2, -0.15) is 0 Å². The van der Waals surface area contributed by atoms with Crippen molar-refractivity contribution in [2.75, 3.05) is 12.8 Å². The predicted molar refractivity (Wildman–Crippen MR) is 57.7 cm³/mol. The molecule has 0 fully saturated rings. The van der Waals surface area contributed by atoms with Crippen LogP contribution in [0.25, 0.3) is 0 Å². The molecule has 1 atom stereocenters. The lowest BCUT2D eigenvalue weighted by molar-refractivity contribution is -0.0141. The maximum absolute atomic E-state index is 10.9. The zero-order valence-corrected chi connectivity index (χ0v) is 10.4. The van der Waals surface area contributed by atoms with E-state index in [0.29, 0.717) is 12.5 Å². The minimum atomic E-state index is -3.12. The highest BCUT2D eigenvalue weighted by Crippen LogP contribution is 2.08. The molecule has 0 saturated carbocycles. The molecule has 14 heavy (non-hydrogen) atoms. The molecule has 0 bridgehead atoms. The molecule has 1 unspecified atom stereocenters. The summed E-state index contributed by atoms with van der Waals surface area (Å²) in [5.74, 6) is 0.298. The van der Waals surface area contributed by atoms with Gasteiger partial charge >= 0.3 is 0 Å². The average Bonchev–Trinajstić information content (AvgIpc) is 1.94. The third-order valence-electron chi connectivity index (χ3n) is 1.74. The Bertz CT molecular complexity index is 247. The van der Waals surface area contributed by atoms with Crippen molar-refractivity contribution in [3.63, 3.8) is 0 Å². The van der Waals surface area contributed by atoms with Gasteiger partial charge in [0.1, 0.15) is 0 Å². The summed E-state index contributed by atoms with van der Waals surface area (Å²) < 4.78 is 29.8. The molecule has 4 nitrogen and oxygen atoms in total. The van der Waals surface area contributed by atoms with E-state index in [2.05, 4.69) is 4.72 Å². The highest BCUT2D eigenvalue weighted by atomic mass is 32.2. The number of sulfonamides is 1. The minimum Gasteiger partial charge on any atom is -0.374 e. The molecule has 0 saturated heterocycles. The lowest BCUT2D eigenvalue weighted by Gasteiger charge is -2.23. The Morgan fingerprint density at radius 3 is 2.00 bits per heavy atom. The Morgan fingerprint density at radius 2 is 1.71 bits per heavy atom. The molecule has 0 heterocycles. The van der Waals surface area contributed by atoms with Crippen LogP contribution in [0.3, 0.4) is 0 Å². The van der Waals surface area contributed by atoms with E-state index in [-0.39, 0.29) is 12.2 Å². The fraction of sp³-hybridized carbons (Fsp3) is 1.00. The normalized spacial score (nSPS) is 15.1. The van der Waals surface area contributed by atoms with Gasteiger partial charge in [0.25, 0.3) is 0 Å². The number of nitrogens with one attached hydrogen (secondary N) is 1. The molecule has 0 aliphatic rings. The zero-order valence-electron chi connectivity index (χ0n) is 9.57. The minimum absolute atomic E-state index is 0.0651. The van der Waals surface area contributed by atoms with E-state index in [1.165, 1.54) is 0 Å². The van der Waals surface area contributed by atoms with Gasteiger partial charge in [-0.25, -0.2) is 13.1 Å². The van der Waals surface area contributed by atoms with E-state index >= 15 is 0 Å². The summed E-state index contributed by atoms with van der Waals surface area (Å²) in [4.78, 5) is 0. The molecule has 86 valence electrons. The summed E-state index contributed by atoms with van der Waals surface area (Å²) in [7, 11) is -3.12. The maximum Gasteiger partial charge on any atom is 0.208 e. The Labute approximate surface area is 87.1 Å². The fourth-order valence-electron chi connectivity index (χ4n) is 1.02. The van der Waals surface area contributed by atoms with Crippen LogP contribution in [0.5, 0.6) is 0 Å². The Hall–Kier alpha value is -0.130. The van der Waals surface area contributed by atoms with E-state index in [1.807, 2.05) is 27.7 Å². The van der Waals surface area contributed by atoms with Gasteiger partial charge in [-0.1, -0.05) is 13.8 Å². The third-order valence-corrected chi connectivity index (χ3v) is 2.43. The SMILES string of the molecule is CC(C)OC(CNS(C)(=O)=O)C(C)C. The summed E-state index contributed by atoms with van der Waals surface area (Å²) in [6.07, 6.45) is 1.20. The quantitative estimate of drug-likeness (QED) is 0.730. The lowest BCUT2D eigenvalue weighted by atomic mass is 10.1. The number of hydrogen-bond acceptors (Lipinski definition) is 3. The van der Waals surface area contributed by atoms with Gasteiger partial charge < -0.3 is 4.74 Å². The van der Waals surface area contributed by atoms with Crippen LogP contribution < -0.4 is 4.72 Å². The number of hydrogen-bond donors (Lipinski definition) is 1. The molecule has 0 radical (unpaired) electrons. The highest BCUT2D eigenvalue weighted by molar-refractivity contribution is 7.88. The van der Waals surface area contributed by atoms with E-state index in [0.717, 1.165) is 6.26 Å². The summed E-state index contributed by atoms with van der Waals surface area (Å²) in [6.45, 7) is 8.24. The standard InChI is InChI=1S/C9H21NO3S/c1-7(2)9(13-8(3)4)6-10-14(5,11)12/h7-10H,6H2,1-5H3. The summed E-state index contributed by atoms with van der Waals surface area (Å²) in [6, 6.07) is 0. The van der Waals surface area contributed by atoms with Crippen molar-refractivity contribution in [3.05, 3.63) is 0 Å². The van der Waals surface area contributed by atoms with Crippen LogP contribution in [0.2, 0.25) is 0 Å². The molecular weight excluding hydrogens is 202 g/mol. The zero-order chi connectivity index (χ0) is 11.4. The first-order valence-electron chi connectivity index (χ1n) is 4.82. The Morgan fingerprint density at radius 1 is 1.21 bits per heavy atom. The molecular formula is C9H21NO3S. The topological polar surface area (TPSA) is 55.4 Å². The summed E-state index contributed by atoms with van der Waals surface area (Å²) in [5.41, 5.74) is 0. The van der Waals surface area contributed by atoms with Gasteiger partial charge in [-0.3, -0.25) is 0 Å². The van der Waals surface area contributed by atoms with Crippen LogP contribution in [0.1, 0.15) is 27.7 Å². The molecule has 0 rings (SSSR count). The number of ether oxygens (including phenoxy) is 1. The average molecular weight is 223 g/mol. The fourth-order valence-corrected chi connectivity index (χ4v) is 1.49. The first-order valence-corrected chi connectivity index (χ1v) is 6.71.